The number of hydrogen-bond donors (Lipinski definition) is 0. The van der Waals surface area contributed by atoms with Crippen molar-refractivity contribution in [1.29, 1.82) is 0 Å². The molecule has 0 aliphatic heterocycles. The number of nitrogens with zero attached hydrogens (tertiary/aromatic N) is 1. The molecule has 0 N–H and O–H groups in total. The standard InChI is InChI=1S/C30H37NO5/c1-4-36-29(33)11-10-28(32)31(23-6-5-7-25(15-23)34-2)24-8-9-27(35-3)26(16-24)30-17-20-12-21(18-30)14-22(13-20)19-30/h5-9,15-16,20-22H,4,10-14,17-19H2,1-3H3. The van der Waals surface area contributed by atoms with Crippen LogP contribution in [0.1, 0.15) is 63.9 Å². The van der Waals surface area contributed by atoms with Crippen LogP contribution in [0.3, 0.4) is 0 Å². The van der Waals surface area contributed by atoms with Gasteiger partial charge in [0.2, 0.25) is 5.91 Å². The third-order valence-electron chi connectivity index (χ3n) is 8.46. The minimum Gasteiger partial charge on any atom is -0.497 e. The molecule has 4 saturated carbocycles. The molecule has 0 saturated heterocycles. The van der Waals surface area contributed by atoms with E-state index in [9.17, 15) is 9.59 Å². The molecule has 4 fully saturated rings. The summed E-state index contributed by atoms with van der Waals surface area (Å²) in [4.78, 5) is 27.3. The first-order chi connectivity index (χ1) is 17.4. The third-order valence-corrected chi connectivity index (χ3v) is 8.46. The van der Waals surface area contributed by atoms with Crippen LogP contribution in [-0.2, 0) is 19.7 Å². The maximum Gasteiger partial charge on any atom is 0.306 e. The lowest BCUT2D eigenvalue weighted by Gasteiger charge is -2.57. The molecule has 6 nitrogen and oxygen atoms in total. The molecule has 6 heteroatoms. The molecule has 1 amide bonds. The highest BCUT2D eigenvalue weighted by Crippen LogP contribution is 2.62. The van der Waals surface area contributed by atoms with Gasteiger partial charge in [-0.2, -0.15) is 0 Å². The Morgan fingerprint density at radius 1 is 0.889 bits per heavy atom. The van der Waals surface area contributed by atoms with Crippen molar-refractivity contribution in [1.82, 2.24) is 0 Å². The number of anilines is 2. The quantitative estimate of drug-likeness (QED) is 0.392. The fraction of sp³-hybridized carbons (Fsp3) is 0.533. The van der Waals surface area contributed by atoms with E-state index in [1.807, 2.05) is 36.4 Å². The monoisotopic (exact) mass is 491 g/mol. The zero-order chi connectivity index (χ0) is 25.3. The number of rotatable bonds is 9. The van der Waals surface area contributed by atoms with E-state index in [1.165, 1.54) is 44.1 Å². The van der Waals surface area contributed by atoms with Gasteiger partial charge in [-0.3, -0.25) is 14.5 Å². The van der Waals surface area contributed by atoms with Crippen molar-refractivity contribution in [3.8, 4) is 11.5 Å². The lowest BCUT2D eigenvalue weighted by atomic mass is 9.48. The van der Waals surface area contributed by atoms with Crippen LogP contribution in [0, 0.1) is 17.8 Å². The first-order valence-corrected chi connectivity index (χ1v) is 13.3. The van der Waals surface area contributed by atoms with Crippen molar-refractivity contribution >= 4 is 23.3 Å². The minimum absolute atomic E-state index is 0.0468. The summed E-state index contributed by atoms with van der Waals surface area (Å²) in [5.74, 6) is 3.45. The Kier molecular flexibility index (Phi) is 6.96. The minimum atomic E-state index is -0.361. The molecular formula is C30H37NO5. The molecule has 2 aromatic rings. The average Bonchev–Trinajstić information content (AvgIpc) is 2.87. The summed E-state index contributed by atoms with van der Waals surface area (Å²) in [6.07, 6.45) is 7.81. The fourth-order valence-corrected chi connectivity index (χ4v) is 7.43. The highest BCUT2D eigenvalue weighted by Gasteiger charge is 2.52. The summed E-state index contributed by atoms with van der Waals surface area (Å²) in [5, 5.41) is 0. The van der Waals surface area contributed by atoms with Gasteiger partial charge < -0.3 is 14.2 Å². The molecule has 0 aromatic heterocycles. The van der Waals surface area contributed by atoms with Gasteiger partial charge in [0.15, 0.2) is 0 Å². The number of carbonyl (C=O) groups excluding carboxylic acids is 2. The molecule has 0 spiro atoms. The van der Waals surface area contributed by atoms with Crippen LogP contribution >= 0.6 is 0 Å². The number of amides is 1. The van der Waals surface area contributed by atoms with E-state index >= 15 is 0 Å². The predicted molar refractivity (Wildman–Crippen MR) is 139 cm³/mol. The Labute approximate surface area is 213 Å². The Hall–Kier alpha value is -3.02. The van der Waals surface area contributed by atoms with E-state index in [4.69, 9.17) is 14.2 Å². The van der Waals surface area contributed by atoms with Crippen molar-refractivity contribution in [2.24, 2.45) is 17.8 Å². The molecule has 4 bridgehead atoms. The largest absolute Gasteiger partial charge is 0.497 e. The highest BCUT2D eigenvalue weighted by molar-refractivity contribution is 6.01. The van der Waals surface area contributed by atoms with Crippen molar-refractivity contribution in [3.63, 3.8) is 0 Å². The summed E-state index contributed by atoms with van der Waals surface area (Å²) >= 11 is 0. The van der Waals surface area contributed by atoms with Gasteiger partial charge in [-0.05, 0) is 98.9 Å². The number of ether oxygens (including phenoxy) is 3. The molecule has 0 unspecified atom stereocenters. The third kappa shape index (κ3) is 4.70. The van der Waals surface area contributed by atoms with E-state index in [0.29, 0.717) is 18.0 Å². The molecule has 6 rings (SSSR count). The van der Waals surface area contributed by atoms with Crippen molar-refractivity contribution < 1.29 is 23.8 Å². The fourth-order valence-electron chi connectivity index (χ4n) is 7.43. The van der Waals surface area contributed by atoms with Crippen LogP contribution in [0.4, 0.5) is 11.4 Å². The van der Waals surface area contributed by atoms with E-state index < -0.39 is 0 Å². The van der Waals surface area contributed by atoms with E-state index in [0.717, 1.165) is 29.2 Å². The molecule has 0 radical (unpaired) electrons. The SMILES string of the molecule is CCOC(=O)CCC(=O)N(c1cccc(OC)c1)c1ccc(OC)c(C23CC4CC(CC(C4)C2)C3)c1. The van der Waals surface area contributed by atoms with Gasteiger partial charge in [-0.15, -0.1) is 0 Å². The summed E-state index contributed by atoms with van der Waals surface area (Å²) in [6, 6.07) is 13.6. The lowest BCUT2D eigenvalue weighted by molar-refractivity contribution is -0.144. The molecule has 4 aliphatic rings. The number of benzene rings is 2. The number of hydrogen-bond acceptors (Lipinski definition) is 5. The summed E-state index contributed by atoms with van der Waals surface area (Å²) < 4.78 is 16.4. The van der Waals surface area contributed by atoms with Crippen molar-refractivity contribution in [2.75, 3.05) is 25.7 Å². The predicted octanol–water partition coefficient (Wildman–Crippen LogP) is 6.18. The number of carbonyl (C=O) groups is 2. The zero-order valence-corrected chi connectivity index (χ0v) is 21.6. The van der Waals surface area contributed by atoms with Gasteiger partial charge in [0.05, 0.1) is 32.9 Å². The molecule has 4 aliphatic carbocycles. The summed E-state index contributed by atoms with van der Waals surface area (Å²) in [6.45, 7) is 2.07. The molecule has 0 heterocycles. The summed E-state index contributed by atoms with van der Waals surface area (Å²) in [7, 11) is 3.36. The Bertz CT molecular complexity index is 1090. The maximum atomic E-state index is 13.6. The van der Waals surface area contributed by atoms with Crippen LogP contribution in [0.5, 0.6) is 11.5 Å². The van der Waals surface area contributed by atoms with Crippen LogP contribution < -0.4 is 14.4 Å². The van der Waals surface area contributed by atoms with Crippen LogP contribution in [-0.4, -0.2) is 32.7 Å². The molecule has 192 valence electrons. The number of methoxy groups -OCH3 is 2. The van der Waals surface area contributed by atoms with Gasteiger partial charge in [0.1, 0.15) is 11.5 Å². The van der Waals surface area contributed by atoms with Gasteiger partial charge in [0, 0.05) is 23.7 Å². The smallest absolute Gasteiger partial charge is 0.306 e. The van der Waals surface area contributed by atoms with Crippen LogP contribution in [0.25, 0.3) is 0 Å². The van der Waals surface area contributed by atoms with Gasteiger partial charge >= 0.3 is 5.97 Å². The number of esters is 1. The van der Waals surface area contributed by atoms with Crippen LogP contribution in [0.2, 0.25) is 0 Å². The zero-order valence-electron chi connectivity index (χ0n) is 21.6. The average molecular weight is 492 g/mol. The topological polar surface area (TPSA) is 65.1 Å². The second kappa shape index (κ2) is 10.2. The van der Waals surface area contributed by atoms with Gasteiger partial charge in [0.25, 0.3) is 0 Å². The van der Waals surface area contributed by atoms with E-state index in [2.05, 4.69) is 6.07 Å². The van der Waals surface area contributed by atoms with E-state index in [1.54, 1.807) is 26.0 Å². The highest BCUT2D eigenvalue weighted by atomic mass is 16.5. The lowest BCUT2D eigenvalue weighted by Crippen LogP contribution is -2.48. The first kappa shape index (κ1) is 24.7. The first-order valence-electron chi connectivity index (χ1n) is 13.3. The Morgan fingerprint density at radius 2 is 1.56 bits per heavy atom. The van der Waals surface area contributed by atoms with Gasteiger partial charge in [-0.25, -0.2) is 0 Å². The Balaban J connectivity index is 1.54. The second-order valence-corrected chi connectivity index (χ2v) is 10.8. The second-order valence-electron chi connectivity index (χ2n) is 10.8. The normalized spacial score (nSPS) is 25.9. The van der Waals surface area contributed by atoms with Crippen molar-refractivity contribution in [3.05, 3.63) is 48.0 Å². The molecule has 2 aromatic carbocycles. The molecule has 36 heavy (non-hydrogen) atoms. The van der Waals surface area contributed by atoms with Crippen molar-refractivity contribution in [2.45, 2.75) is 63.7 Å². The molecule has 0 atom stereocenters. The summed E-state index contributed by atoms with van der Waals surface area (Å²) in [5.41, 5.74) is 2.85. The molecular weight excluding hydrogens is 454 g/mol. The van der Waals surface area contributed by atoms with Crippen LogP contribution in [0.15, 0.2) is 42.5 Å². The van der Waals surface area contributed by atoms with Gasteiger partial charge in [-0.1, -0.05) is 6.07 Å². The Morgan fingerprint density at radius 3 is 2.17 bits per heavy atom. The maximum absolute atomic E-state index is 13.6. The van der Waals surface area contributed by atoms with E-state index in [-0.39, 0.29) is 30.1 Å².